The number of ether oxygens (including phenoxy) is 1. The molecule has 1 unspecified atom stereocenters. The fourth-order valence-corrected chi connectivity index (χ4v) is 2.43. The topological polar surface area (TPSA) is 88.1 Å². The van der Waals surface area contributed by atoms with Gasteiger partial charge in [0.15, 0.2) is 5.65 Å². The van der Waals surface area contributed by atoms with Crippen molar-refractivity contribution in [3.8, 4) is 0 Å². The summed E-state index contributed by atoms with van der Waals surface area (Å²) in [6.45, 7) is 0.843. The van der Waals surface area contributed by atoms with Crippen molar-refractivity contribution in [1.82, 2.24) is 15.0 Å². The van der Waals surface area contributed by atoms with Crippen LogP contribution in [0.5, 0.6) is 0 Å². The van der Waals surface area contributed by atoms with E-state index in [1.165, 1.54) is 12.3 Å². The molecule has 1 atom stereocenters. The van der Waals surface area contributed by atoms with E-state index in [1.54, 1.807) is 0 Å². The zero-order valence-electron chi connectivity index (χ0n) is 10.4. The van der Waals surface area contributed by atoms with Gasteiger partial charge in [-0.2, -0.15) is 0 Å². The minimum atomic E-state index is -0.971. The summed E-state index contributed by atoms with van der Waals surface area (Å²) in [7, 11) is 0. The van der Waals surface area contributed by atoms with E-state index in [2.05, 4.69) is 15.0 Å². The van der Waals surface area contributed by atoms with Crippen LogP contribution in [0.25, 0.3) is 11.2 Å². The normalized spacial score (nSPS) is 19.1. The molecule has 2 aromatic rings. The molecule has 3 rings (SSSR count). The first-order chi connectivity index (χ1) is 9.24. The van der Waals surface area contributed by atoms with Gasteiger partial charge in [0.2, 0.25) is 0 Å². The van der Waals surface area contributed by atoms with E-state index < -0.39 is 5.97 Å². The summed E-state index contributed by atoms with van der Waals surface area (Å²) in [4.78, 5) is 22.6. The fourth-order valence-electron chi connectivity index (χ4n) is 2.43. The first-order valence-corrected chi connectivity index (χ1v) is 6.42. The molecule has 6 heteroatoms. The monoisotopic (exact) mass is 261 g/mol. The molecule has 0 spiro atoms. The number of nitrogens with zero attached hydrogens (tertiary/aromatic N) is 2. The van der Waals surface area contributed by atoms with Gasteiger partial charge >= 0.3 is 5.97 Å². The first kappa shape index (κ1) is 12.1. The Balaban J connectivity index is 1.80. The van der Waals surface area contributed by atoms with Crippen LogP contribution in [-0.4, -0.2) is 38.7 Å². The molecule has 6 nitrogen and oxygen atoms in total. The van der Waals surface area contributed by atoms with Crippen LogP contribution in [0.2, 0.25) is 0 Å². The highest BCUT2D eigenvalue weighted by Gasteiger charge is 2.17. The van der Waals surface area contributed by atoms with Crippen LogP contribution in [-0.2, 0) is 11.2 Å². The number of aromatic amines is 1. The van der Waals surface area contributed by atoms with Crippen molar-refractivity contribution in [2.24, 2.45) is 0 Å². The molecule has 1 saturated heterocycles. The average molecular weight is 261 g/mol. The Morgan fingerprint density at radius 2 is 2.47 bits per heavy atom. The standard InChI is InChI=1S/C13H15N3O3/c17-13(18)9-5-6-14-12-11(9)15-10(16-12)4-3-8-2-1-7-19-8/h5-6,8H,1-4,7H2,(H,17,18)(H,14,15,16). The van der Waals surface area contributed by atoms with Crippen LogP contribution in [0.15, 0.2) is 12.3 Å². The van der Waals surface area contributed by atoms with Crippen molar-refractivity contribution < 1.29 is 14.6 Å². The quantitative estimate of drug-likeness (QED) is 0.875. The molecular formula is C13H15N3O3. The number of aromatic carboxylic acids is 1. The second kappa shape index (κ2) is 4.97. The molecular weight excluding hydrogens is 246 g/mol. The number of nitrogens with one attached hydrogen (secondary N) is 1. The van der Waals surface area contributed by atoms with Crippen molar-refractivity contribution in [3.05, 3.63) is 23.7 Å². The van der Waals surface area contributed by atoms with Crippen LogP contribution in [0.3, 0.4) is 0 Å². The van der Waals surface area contributed by atoms with E-state index in [0.717, 1.165) is 38.1 Å². The van der Waals surface area contributed by atoms with Crippen LogP contribution in [0, 0.1) is 0 Å². The zero-order chi connectivity index (χ0) is 13.2. The van der Waals surface area contributed by atoms with Gasteiger partial charge < -0.3 is 14.8 Å². The molecule has 1 aliphatic heterocycles. The van der Waals surface area contributed by atoms with Crippen molar-refractivity contribution >= 4 is 17.1 Å². The summed E-state index contributed by atoms with van der Waals surface area (Å²) in [6.07, 6.45) is 5.65. The van der Waals surface area contributed by atoms with Crippen molar-refractivity contribution in [2.75, 3.05) is 6.61 Å². The predicted octanol–water partition coefficient (Wildman–Crippen LogP) is 1.77. The number of imidazole rings is 1. The molecule has 19 heavy (non-hydrogen) atoms. The summed E-state index contributed by atoms with van der Waals surface area (Å²) < 4.78 is 5.56. The van der Waals surface area contributed by atoms with E-state index in [0.29, 0.717) is 17.3 Å². The highest BCUT2D eigenvalue weighted by molar-refractivity contribution is 5.99. The minimum Gasteiger partial charge on any atom is -0.478 e. The average Bonchev–Trinajstić information content (AvgIpc) is 3.04. The van der Waals surface area contributed by atoms with Crippen LogP contribution in [0.4, 0.5) is 0 Å². The Labute approximate surface area is 109 Å². The molecule has 0 radical (unpaired) electrons. The van der Waals surface area contributed by atoms with E-state index >= 15 is 0 Å². The first-order valence-electron chi connectivity index (χ1n) is 6.42. The Kier molecular flexibility index (Phi) is 3.16. The number of carbonyl (C=O) groups is 1. The van der Waals surface area contributed by atoms with Gasteiger partial charge in [0.1, 0.15) is 5.82 Å². The molecule has 0 bridgehead atoms. The van der Waals surface area contributed by atoms with Gasteiger partial charge in [-0.05, 0) is 25.3 Å². The van der Waals surface area contributed by atoms with Gasteiger partial charge in [0.05, 0.1) is 17.2 Å². The summed E-state index contributed by atoms with van der Waals surface area (Å²) in [6, 6.07) is 1.48. The molecule has 0 saturated carbocycles. The predicted molar refractivity (Wildman–Crippen MR) is 68.1 cm³/mol. The number of carboxylic acid groups (broad SMARTS) is 1. The molecule has 2 aromatic heterocycles. The van der Waals surface area contributed by atoms with Gasteiger partial charge in [-0.3, -0.25) is 0 Å². The van der Waals surface area contributed by atoms with Crippen molar-refractivity contribution in [3.63, 3.8) is 0 Å². The van der Waals surface area contributed by atoms with E-state index in [-0.39, 0.29) is 5.56 Å². The number of rotatable bonds is 4. The summed E-state index contributed by atoms with van der Waals surface area (Å²) in [5.41, 5.74) is 1.17. The van der Waals surface area contributed by atoms with Gasteiger partial charge in [-0.1, -0.05) is 0 Å². The molecule has 0 amide bonds. The van der Waals surface area contributed by atoms with Crippen LogP contribution >= 0.6 is 0 Å². The van der Waals surface area contributed by atoms with Crippen molar-refractivity contribution in [1.29, 1.82) is 0 Å². The molecule has 3 heterocycles. The highest BCUT2D eigenvalue weighted by atomic mass is 16.5. The Bertz CT molecular complexity index is 602. The number of H-pyrrole nitrogens is 1. The number of carboxylic acids is 1. The van der Waals surface area contributed by atoms with Gasteiger partial charge in [-0.25, -0.2) is 14.8 Å². The summed E-state index contributed by atoms with van der Waals surface area (Å²) in [5.74, 6) is -0.201. The number of aromatic nitrogens is 3. The Morgan fingerprint density at radius 3 is 3.21 bits per heavy atom. The number of fused-ring (bicyclic) bond motifs is 1. The third kappa shape index (κ3) is 2.44. The lowest BCUT2D eigenvalue weighted by Gasteiger charge is -2.06. The largest absolute Gasteiger partial charge is 0.478 e. The second-order valence-electron chi connectivity index (χ2n) is 4.72. The van der Waals surface area contributed by atoms with Gasteiger partial charge in [-0.15, -0.1) is 0 Å². The maximum absolute atomic E-state index is 11.1. The minimum absolute atomic E-state index is 0.209. The Hall–Kier alpha value is -1.95. The van der Waals surface area contributed by atoms with E-state index in [4.69, 9.17) is 9.84 Å². The number of pyridine rings is 1. The summed E-state index contributed by atoms with van der Waals surface area (Å²) >= 11 is 0. The smallest absolute Gasteiger partial charge is 0.338 e. The molecule has 2 N–H and O–H groups in total. The lowest BCUT2D eigenvalue weighted by molar-refractivity contribution is 0.0698. The molecule has 1 fully saturated rings. The molecule has 0 aromatic carbocycles. The maximum atomic E-state index is 11.1. The third-order valence-electron chi connectivity index (χ3n) is 3.40. The van der Waals surface area contributed by atoms with Crippen molar-refractivity contribution in [2.45, 2.75) is 31.8 Å². The zero-order valence-corrected chi connectivity index (χ0v) is 10.4. The van der Waals surface area contributed by atoms with Gasteiger partial charge in [0.25, 0.3) is 0 Å². The van der Waals surface area contributed by atoms with Crippen LogP contribution < -0.4 is 0 Å². The second-order valence-corrected chi connectivity index (χ2v) is 4.72. The molecule has 1 aliphatic rings. The number of hydrogen-bond donors (Lipinski definition) is 2. The molecule has 100 valence electrons. The van der Waals surface area contributed by atoms with Gasteiger partial charge in [0, 0.05) is 19.2 Å². The van der Waals surface area contributed by atoms with E-state index in [9.17, 15) is 4.79 Å². The lowest BCUT2D eigenvalue weighted by Crippen LogP contribution is -2.06. The third-order valence-corrected chi connectivity index (χ3v) is 3.40. The summed E-state index contributed by atoms with van der Waals surface area (Å²) in [5, 5.41) is 9.10. The Morgan fingerprint density at radius 1 is 1.58 bits per heavy atom. The van der Waals surface area contributed by atoms with Crippen LogP contribution in [0.1, 0.15) is 35.4 Å². The van der Waals surface area contributed by atoms with E-state index in [1.807, 2.05) is 0 Å². The highest BCUT2D eigenvalue weighted by Crippen LogP contribution is 2.19. The fraction of sp³-hybridized carbons (Fsp3) is 0.462. The molecule has 0 aliphatic carbocycles. The number of hydrogen-bond acceptors (Lipinski definition) is 4. The number of aryl methyl sites for hydroxylation is 1. The maximum Gasteiger partial charge on any atom is 0.338 e. The SMILES string of the molecule is O=C(O)c1ccnc2nc(CCC3CCCO3)[nH]c12. The lowest BCUT2D eigenvalue weighted by atomic mass is 10.1.